The number of ketones is 1. The van der Waals surface area contributed by atoms with Crippen molar-refractivity contribution in [3.63, 3.8) is 0 Å². The van der Waals surface area contributed by atoms with Crippen molar-refractivity contribution in [1.29, 1.82) is 0 Å². The van der Waals surface area contributed by atoms with E-state index >= 15 is 0 Å². The summed E-state index contributed by atoms with van der Waals surface area (Å²) in [5.41, 5.74) is 7.10. The highest BCUT2D eigenvalue weighted by atomic mass is 16.5. The molecule has 0 heterocycles. The number of ether oxygens (including phenoxy) is 2. The first-order valence-corrected chi connectivity index (χ1v) is 15.4. The van der Waals surface area contributed by atoms with E-state index in [0.717, 1.165) is 55.4 Å². The zero-order chi connectivity index (χ0) is 30.6. The van der Waals surface area contributed by atoms with Crippen LogP contribution in [-0.2, 0) is 16.1 Å². The Morgan fingerprint density at radius 2 is 1.44 bits per heavy atom. The normalized spacial score (nSPS) is 23.0. The lowest BCUT2D eigenvalue weighted by Gasteiger charge is -2.32. The van der Waals surface area contributed by atoms with Crippen molar-refractivity contribution >= 4 is 5.78 Å². The van der Waals surface area contributed by atoms with Crippen molar-refractivity contribution < 1.29 is 14.3 Å². The summed E-state index contributed by atoms with van der Waals surface area (Å²) in [6.45, 7) is 22.7. The lowest BCUT2D eigenvalue weighted by Crippen LogP contribution is -2.33. The van der Waals surface area contributed by atoms with Crippen molar-refractivity contribution in [1.82, 2.24) is 0 Å². The molecule has 1 aromatic rings. The maximum atomic E-state index is 14.3. The Bertz CT molecular complexity index is 1120. The van der Waals surface area contributed by atoms with Crippen LogP contribution >= 0.6 is 0 Å². The molecule has 1 unspecified atom stereocenters. The molecule has 0 bridgehead atoms. The van der Waals surface area contributed by atoms with Gasteiger partial charge in [-0.15, -0.1) is 0 Å². The molecule has 3 nitrogen and oxygen atoms in total. The van der Waals surface area contributed by atoms with Gasteiger partial charge in [0.2, 0.25) is 0 Å². The second kappa shape index (κ2) is 16.7. The average molecular weight is 561 g/mol. The summed E-state index contributed by atoms with van der Waals surface area (Å²) in [5, 5.41) is 0. The van der Waals surface area contributed by atoms with Crippen molar-refractivity contribution in [3.8, 4) is 5.75 Å². The van der Waals surface area contributed by atoms with Gasteiger partial charge in [0.1, 0.15) is 11.5 Å². The maximum Gasteiger partial charge on any atom is 0.143 e. The van der Waals surface area contributed by atoms with E-state index in [2.05, 4.69) is 86.3 Å². The molecule has 0 radical (unpaired) electrons. The predicted molar refractivity (Wildman–Crippen MR) is 175 cm³/mol. The summed E-state index contributed by atoms with van der Waals surface area (Å²) in [6.07, 6.45) is 14.8. The van der Waals surface area contributed by atoms with E-state index in [-0.39, 0.29) is 17.8 Å². The minimum atomic E-state index is -0.490. The minimum absolute atomic E-state index is 0.0649. The van der Waals surface area contributed by atoms with Crippen LogP contribution in [0.3, 0.4) is 0 Å². The lowest BCUT2D eigenvalue weighted by molar-refractivity contribution is -0.129. The molecule has 0 aliphatic heterocycles. The molecule has 1 aromatic carbocycles. The third-order valence-corrected chi connectivity index (χ3v) is 8.66. The van der Waals surface area contributed by atoms with Gasteiger partial charge in [-0.3, -0.25) is 4.79 Å². The van der Waals surface area contributed by atoms with Crippen molar-refractivity contribution in [3.05, 3.63) is 88.6 Å². The Labute approximate surface area is 251 Å². The summed E-state index contributed by atoms with van der Waals surface area (Å²) >= 11 is 0. The van der Waals surface area contributed by atoms with Crippen LogP contribution < -0.4 is 4.74 Å². The van der Waals surface area contributed by atoms with Crippen LogP contribution in [0.2, 0.25) is 0 Å². The highest BCUT2D eigenvalue weighted by molar-refractivity contribution is 5.90. The van der Waals surface area contributed by atoms with Crippen LogP contribution in [0.15, 0.2) is 83.0 Å². The summed E-state index contributed by atoms with van der Waals surface area (Å²) in [7, 11) is 1.68. The highest BCUT2D eigenvalue weighted by Gasteiger charge is 2.56. The number of hydrogen-bond acceptors (Lipinski definition) is 3. The molecule has 0 spiro atoms. The van der Waals surface area contributed by atoms with E-state index in [1.165, 1.54) is 22.3 Å². The molecule has 226 valence electrons. The summed E-state index contributed by atoms with van der Waals surface area (Å²) in [4.78, 5) is 14.3. The lowest BCUT2D eigenvalue weighted by atomic mass is 9.73. The second-order valence-corrected chi connectivity index (χ2v) is 12.9. The molecule has 3 heteroatoms. The fraction of sp³-hybridized carbons (Fsp3) is 0.553. The molecule has 1 aliphatic rings. The Hall–Kier alpha value is -2.65. The number of carbonyl (C=O) groups excluding carboxylic acids is 1. The molecule has 41 heavy (non-hydrogen) atoms. The van der Waals surface area contributed by atoms with Crippen molar-refractivity contribution in [2.45, 2.75) is 101 Å². The van der Waals surface area contributed by atoms with Gasteiger partial charge in [-0.25, -0.2) is 0 Å². The van der Waals surface area contributed by atoms with Crippen LogP contribution in [0, 0.1) is 23.2 Å². The first kappa shape index (κ1) is 34.6. The molecule has 1 fully saturated rings. The van der Waals surface area contributed by atoms with E-state index in [1.807, 2.05) is 24.3 Å². The molecule has 0 aromatic heterocycles. The van der Waals surface area contributed by atoms with Crippen LogP contribution in [0.4, 0.5) is 0 Å². The number of methoxy groups -OCH3 is 1. The van der Waals surface area contributed by atoms with Gasteiger partial charge in [-0.2, -0.15) is 0 Å². The monoisotopic (exact) mass is 560 g/mol. The van der Waals surface area contributed by atoms with Gasteiger partial charge in [0.15, 0.2) is 0 Å². The van der Waals surface area contributed by atoms with Crippen molar-refractivity contribution in [2.24, 2.45) is 23.2 Å². The first-order chi connectivity index (χ1) is 19.4. The summed E-state index contributed by atoms with van der Waals surface area (Å²) in [5.74, 6) is 1.32. The molecule has 1 aliphatic carbocycles. The SMILES string of the molecule is C=C(C)[C@H]1C(C/C=C(\C)CCC=C(C)C)C(=O)[C@](C)(C/C=C(\C)CCC=C(C)C)[C@H]1COCc1ccc(OC)cc1. The van der Waals surface area contributed by atoms with Crippen LogP contribution in [-0.4, -0.2) is 19.5 Å². The van der Waals surface area contributed by atoms with Gasteiger partial charge >= 0.3 is 0 Å². The van der Waals surface area contributed by atoms with Crippen molar-refractivity contribution in [2.75, 3.05) is 13.7 Å². The maximum absolute atomic E-state index is 14.3. The van der Waals surface area contributed by atoms with E-state index in [4.69, 9.17) is 9.47 Å². The van der Waals surface area contributed by atoms with Crippen LogP contribution in [0.25, 0.3) is 0 Å². The van der Waals surface area contributed by atoms with Crippen LogP contribution in [0.1, 0.15) is 99.5 Å². The van der Waals surface area contributed by atoms with Gasteiger partial charge in [-0.05, 0) is 111 Å². The largest absolute Gasteiger partial charge is 0.497 e. The molecular weight excluding hydrogens is 504 g/mol. The first-order valence-electron chi connectivity index (χ1n) is 15.4. The quantitative estimate of drug-likeness (QED) is 0.189. The van der Waals surface area contributed by atoms with E-state index < -0.39 is 5.41 Å². The summed E-state index contributed by atoms with van der Waals surface area (Å²) in [6, 6.07) is 8.00. The van der Waals surface area contributed by atoms with Gasteiger partial charge < -0.3 is 9.47 Å². The number of hydrogen-bond donors (Lipinski definition) is 0. The summed E-state index contributed by atoms with van der Waals surface area (Å²) < 4.78 is 11.7. The molecule has 4 atom stereocenters. The van der Waals surface area contributed by atoms with Gasteiger partial charge in [0.05, 0.1) is 20.3 Å². The second-order valence-electron chi connectivity index (χ2n) is 12.9. The standard InChI is InChI=1S/C38H56O3/c1-27(2)13-11-15-30(7)17-22-34-36(29(5)6)35(26-41-25-32-18-20-33(40-10)21-19-32)38(9,37(34)39)24-23-31(8)16-12-14-28(3)4/h13-14,17-21,23,34-36H,5,11-12,15-16,22,24-26H2,1-4,6-10H3/b30-17+,31-23+/t34?,35-,36-,38+/m0/s1. The molecule has 0 saturated heterocycles. The van der Waals surface area contributed by atoms with Gasteiger partial charge in [-0.1, -0.05) is 77.8 Å². The van der Waals surface area contributed by atoms with E-state index in [9.17, 15) is 4.79 Å². The number of Topliss-reactive ketones (excluding diaryl/α,β-unsaturated/α-hetero) is 1. The number of allylic oxidation sites excluding steroid dienone is 9. The van der Waals surface area contributed by atoms with Crippen LogP contribution in [0.5, 0.6) is 5.75 Å². The molecule has 2 rings (SSSR count). The number of carbonyl (C=O) groups is 1. The highest BCUT2D eigenvalue weighted by Crippen LogP contribution is 2.53. The third kappa shape index (κ3) is 10.6. The van der Waals surface area contributed by atoms with Gasteiger partial charge in [0.25, 0.3) is 0 Å². The predicted octanol–water partition coefficient (Wildman–Crippen LogP) is 10.4. The minimum Gasteiger partial charge on any atom is -0.497 e. The smallest absolute Gasteiger partial charge is 0.143 e. The molecule has 1 saturated carbocycles. The Kier molecular flexibility index (Phi) is 14.1. The fourth-order valence-electron chi connectivity index (χ4n) is 6.05. The zero-order valence-electron chi connectivity index (χ0n) is 27.4. The number of benzene rings is 1. The topological polar surface area (TPSA) is 35.5 Å². The molecule has 0 N–H and O–H groups in total. The molecular formula is C38H56O3. The Balaban J connectivity index is 2.30. The van der Waals surface area contributed by atoms with E-state index in [0.29, 0.717) is 19.0 Å². The fourth-order valence-corrected chi connectivity index (χ4v) is 6.05. The Morgan fingerprint density at radius 1 is 0.878 bits per heavy atom. The number of rotatable bonds is 16. The average Bonchev–Trinajstić information content (AvgIpc) is 3.12. The third-order valence-electron chi connectivity index (χ3n) is 8.66. The van der Waals surface area contributed by atoms with E-state index in [1.54, 1.807) is 7.11 Å². The molecule has 0 amide bonds. The van der Waals surface area contributed by atoms with Gasteiger partial charge in [0, 0.05) is 17.3 Å². The Morgan fingerprint density at radius 3 is 1.95 bits per heavy atom. The zero-order valence-corrected chi connectivity index (χ0v) is 27.4.